The Morgan fingerprint density at radius 1 is 1.12 bits per heavy atom. The number of carbonyl (C=O) groups is 2. The standard InChI is InChI=1S/C23H20ClN3O3S2/c1-15(28)27(18-7-4-6-16(24)12-18)23-25-17(14-31-23)13-30-22(29)11-5-10-21-26-19-8-2-3-9-20(19)32-21/h2-4,6-9,12,14H,5,10-11,13H2,1H3. The molecule has 0 fully saturated rings. The lowest BCUT2D eigenvalue weighted by Crippen LogP contribution is -2.22. The van der Waals surface area contributed by atoms with Gasteiger partial charge in [-0.3, -0.25) is 14.5 Å². The minimum Gasteiger partial charge on any atom is -0.459 e. The van der Waals surface area contributed by atoms with Crippen LogP contribution < -0.4 is 4.90 Å². The zero-order valence-electron chi connectivity index (χ0n) is 17.3. The summed E-state index contributed by atoms with van der Waals surface area (Å²) in [5.41, 5.74) is 2.22. The normalized spacial score (nSPS) is 10.9. The van der Waals surface area contributed by atoms with Gasteiger partial charge in [0.05, 0.1) is 26.6 Å². The molecule has 0 atom stereocenters. The number of halogens is 1. The van der Waals surface area contributed by atoms with Gasteiger partial charge in [-0.05, 0) is 43.2 Å². The van der Waals surface area contributed by atoms with Crippen molar-refractivity contribution in [3.05, 3.63) is 69.6 Å². The number of hydrogen-bond donors (Lipinski definition) is 0. The molecule has 9 heteroatoms. The maximum absolute atomic E-state index is 12.2. The number of para-hydroxylation sites is 1. The molecule has 2 aromatic heterocycles. The minimum atomic E-state index is -0.279. The van der Waals surface area contributed by atoms with Crippen molar-refractivity contribution in [2.75, 3.05) is 4.90 Å². The summed E-state index contributed by atoms with van der Waals surface area (Å²) >= 11 is 9.02. The number of fused-ring (bicyclic) bond motifs is 1. The number of anilines is 2. The lowest BCUT2D eigenvalue weighted by Gasteiger charge is -2.18. The molecule has 4 aromatic rings. The molecule has 0 spiro atoms. The van der Waals surface area contributed by atoms with E-state index in [-0.39, 0.29) is 18.5 Å². The third-order valence-electron chi connectivity index (χ3n) is 4.60. The summed E-state index contributed by atoms with van der Waals surface area (Å²) < 4.78 is 6.52. The number of esters is 1. The number of ether oxygens (including phenoxy) is 1. The van der Waals surface area contributed by atoms with Crippen LogP contribution in [-0.2, 0) is 27.4 Å². The first-order valence-electron chi connectivity index (χ1n) is 10.0. The van der Waals surface area contributed by atoms with Gasteiger partial charge in [-0.2, -0.15) is 0 Å². The number of carbonyl (C=O) groups excluding carboxylic acids is 2. The maximum Gasteiger partial charge on any atom is 0.306 e. The summed E-state index contributed by atoms with van der Waals surface area (Å²) in [6, 6.07) is 15.0. The fourth-order valence-electron chi connectivity index (χ4n) is 3.14. The molecule has 2 aromatic carbocycles. The Morgan fingerprint density at radius 2 is 1.97 bits per heavy atom. The van der Waals surface area contributed by atoms with Gasteiger partial charge < -0.3 is 4.74 Å². The van der Waals surface area contributed by atoms with Gasteiger partial charge in [-0.25, -0.2) is 9.97 Å². The van der Waals surface area contributed by atoms with Crippen molar-refractivity contribution in [2.24, 2.45) is 0 Å². The molecule has 0 aliphatic rings. The van der Waals surface area contributed by atoms with Crippen molar-refractivity contribution in [2.45, 2.75) is 32.8 Å². The van der Waals surface area contributed by atoms with Crippen molar-refractivity contribution in [1.29, 1.82) is 0 Å². The number of aromatic nitrogens is 2. The second kappa shape index (κ2) is 10.2. The number of amides is 1. The fourth-order valence-corrected chi connectivity index (χ4v) is 5.21. The molecule has 1 amide bonds. The average molecular weight is 486 g/mol. The largest absolute Gasteiger partial charge is 0.459 e. The van der Waals surface area contributed by atoms with E-state index < -0.39 is 0 Å². The van der Waals surface area contributed by atoms with Crippen molar-refractivity contribution >= 4 is 67.2 Å². The molecular formula is C23H20ClN3O3S2. The summed E-state index contributed by atoms with van der Waals surface area (Å²) in [4.78, 5) is 34.9. The molecule has 0 saturated heterocycles. The number of thiazole rings is 2. The molecule has 4 rings (SSSR count). The second-order valence-corrected chi connectivity index (χ2v) is 9.43. The SMILES string of the molecule is CC(=O)N(c1cccc(Cl)c1)c1nc(COC(=O)CCCc2nc3ccccc3s2)cs1. The van der Waals surface area contributed by atoms with Gasteiger partial charge in [0.15, 0.2) is 5.13 Å². The van der Waals surface area contributed by atoms with Gasteiger partial charge in [0.1, 0.15) is 6.61 Å². The van der Waals surface area contributed by atoms with Crippen LogP contribution in [0.1, 0.15) is 30.5 Å². The highest BCUT2D eigenvalue weighted by Crippen LogP contribution is 2.30. The summed E-state index contributed by atoms with van der Waals surface area (Å²) in [7, 11) is 0. The first-order valence-corrected chi connectivity index (χ1v) is 12.1. The lowest BCUT2D eigenvalue weighted by molar-refractivity contribution is -0.145. The fraction of sp³-hybridized carbons (Fsp3) is 0.217. The number of aryl methyl sites for hydroxylation is 1. The van der Waals surface area contributed by atoms with E-state index in [0.717, 1.165) is 21.6 Å². The van der Waals surface area contributed by atoms with Gasteiger partial charge in [0.25, 0.3) is 0 Å². The predicted octanol–water partition coefficient (Wildman–Crippen LogP) is 6.16. The van der Waals surface area contributed by atoms with E-state index >= 15 is 0 Å². The molecule has 32 heavy (non-hydrogen) atoms. The van der Waals surface area contributed by atoms with Crippen LogP contribution in [0.15, 0.2) is 53.9 Å². The van der Waals surface area contributed by atoms with Crippen molar-refractivity contribution in [3.8, 4) is 0 Å². The van der Waals surface area contributed by atoms with Gasteiger partial charge in [0.2, 0.25) is 5.91 Å². The molecule has 6 nitrogen and oxygen atoms in total. The van der Waals surface area contributed by atoms with E-state index in [9.17, 15) is 9.59 Å². The smallest absolute Gasteiger partial charge is 0.306 e. The number of benzene rings is 2. The molecular weight excluding hydrogens is 466 g/mol. The molecule has 164 valence electrons. The Hall–Kier alpha value is -2.81. The average Bonchev–Trinajstić information content (AvgIpc) is 3.39. The van der Waals surface area contributed by atoms with Crippen LogP contribution >= 0.6 is 34.3 Å². The number of nitrogens with zero attached hydrogens (tertiary/aromatic N) is 3. The molecule has 0 N–H and O–H groups in total. The Bertz CT molecular complexity index is 1220. The Labute approximate surface area is 198 Å². The summed E-state index contributed by atoms with van der Waals surface area (Å²) in [6.45, 7) is 1.53. The van der Waals surface area contributed by atoms with Crippen LogP contribution in [0, 0.1) is 0 Å². The molecule has 0 bridgehead atoms. The summed E-state index contributed by atoms with van der Waals surface area (Å²) in [5, 5.41) is 3.84. The Balaban J connectivity index is 1.29. The maximum atomic E-state index is 12.2. The lowest BCUT2D eigenvalue weighted by atomic mass is 10.2. The number of hydrogen-bond acceptors (Lipinski definition) is 7. The van der Waals surface area contributed by atoms with Gasteiger partial charge in [-0.15, -0.1) is 22.7 Å². The van der Waals surface area contributed by atoms with Crippen molar-refractivity contribution in [3.63, 3.8) is 0 Å². The van der Waals surface area contributed by atoms with Gasteiger partial charge in [-0.1, -0.05) is 29.8 Å². The second-order valence-electron chi connectivity index (χ2n) is 7.05. The van der Waals surface area contributed by atoms with E-state index in [1.165, 1.54) is 23.2 Å². The van der Waals surface area contributed by atoms with Crippen LogP contribution in [0.2, 0.25) is 5.02 Å². The highest BCUT2D eigenvalue weighted by molar-refractivity contribution is 7.18. The van der Waals surface area contributed by atoms with Crippen molar-refractivity contribution in [1.82, 2.24) is 9.97 Å². The minimum absolute atomic E-state index is 0.0672. The topological polar surface area (TPSA) is 72.4 Å². The Morgan fingerprint density at radius 3 is 2.75 bits per heavy atom. The van der Waals surface area contributed by atoms with Gasteiger partial charge in [0, 0.05) is 23.7 Å². The Kier molecular flexibility index (Phi) is 7.14. The van der Waals surface area contributed by atoms with E-state index in [1.807, 2.05) is 24.3 Å². The molecule has 0 aliphatic carbocycles. The zero-order chi connectivity index (χ0) is 22.5. The summed E-state index contributed by atoms with van der Waals surface area (Å²) in [6.07, 6.45) is 1.73. The zero-order valence-corrected chi connectivity index (χ0v) is 19.7. The third-order valence-corrected chi connectivity index (χ3v) is 6.81. The first-order chi connectivity index (χ1) is 15.5. The highest BCUT2D eigenvalue weighted by Gasteiger charge is 2.18. The van der Waals surface area contributed by atoms with Crippen LogP contribution in [0.25, 0.3) is 10.2 Å². The van der Waals surface area contributed by atoms with E-state index in [1.54, 1.807) is 41.0 Å². The molecule has 2 heterocycles. The monoisotopic (exact) mass is 485 g/mol. The summed E-state index contributed by atoms with van der Waals surface area (Å²) in [5.74, 6) is -0.459. The van der Waals surface area contributed by atoms with Crippen LogP contribution in [0.3, 0.4) is 0 Å². The van der Waals surface area contributed by atoms with Crippen LogP contribution in [0.5, 0.6) is 0 Å². The molecule has 0 saturated carbocycles. The van der Waals surface area contributed by atoms with E-state index in [0.29, 0.717) is 34.4 Å². The van der Waals surface area contributed by atoms with Crippen LogP contribution in [0.4, 0.5) is 10.8 Å². The van der Waals surface area contributed by atoms with E-state index in [2.05, 4.69) is 9.97 Å². The predicted molar refractivity (Wildman–Crippen MR) is 129 cm³/mol. The van der Waals surface area contributed by atoms with Crippen molar-refractivity contribution < 1.29 is 14.3 Å². The van der Waals surface area contributed by atoms with E-state index in [4.69, 9.17) is 16.3 Å². The molecule has 0 aliphatic heterocycles. The number of rotatable bonds is 8. The third kappa shape index (κ3) is 5.51. The quantitative estimate of drug-likeness (QED) is 0.279. The molecule has 0 radical (unpaired) electrons. The van der Waals surface area contributed by atoms with Crippen LogP contribution in [-0.4, -0.2) is 21.8 Å². The highest BCUT2D eigenvalue weighted by atomic mass is 35.5. The molecule has 0 unspecified atom stereocenters. The van der Waals surface area contributed by atoms with Gasteiger partial charge >= 0.3 is 5.97 Å². The first kappa shape index (κ1) is 22.4.